The molecule has 1 saturated heterocycles. The topological polar surface area (TPSA) is 66.9 Å². The minimum atomic E-state index is -4.22. The van der Waals surface area contributed by atoms with E-state index < -0.39 is 33.8 Å². The Morgan fingerprint density at radius 1 is 0.946 bits per heavy atom. The molecular formula is C27H25F3N2O4S. The first-order valence-electron chi connectivity index (χ1n) is 11.9. The summed E-state index contributed by atoms with van der Waals surface area (Å²) in [6.07, 6.45) is -2.35. The van der Waals surface area contributed by atoms with Crippen LogP contribution in [0.3, 0.4) is 0 Å². The molecule has 10 heteroatoms. The Morgan fingerprint density at radius 3 is 2.27 bits per heavy atom. The van der Waals surface area contributed by atoms with E-state index in [-0.39, 0.29) is 29.3 Å². The van der Waals surface area contributed by atoms with E-state index in [0.29, 0.717) is 31.5 Å². The fourth-order valence-corrected chi connectivity index (χ4v) is 6.69. The number of rotatable bonds is 5. The summed E-state index contributed by atoms with van der Waals surface area (Å²) in [7, 11) is -4.22. The molecule has 0 atom stereocenters. The number of anilines is 1. The van der Waals surface area contributed by atoms with Gasteiger partial charge in [-0.1, -0.05) is 54.6 Å². The predicted octanol–water partition coefficient (Wildman–Crippen LogP) is 5.64. The highest BCUT2D eigenvalue weighted by Crippen LogP contribution is 2.50. The van der Waals surface area contributed by atoms with E-state index >= 15 is 4.39 Å². The number of likely N-dealkylation sites (tertiary alicyclic amines) is 1. The molecule has 2 heterocycles. The van der Waals surface area contributed by atoms with Gasteiger partial charge < -0.3 is 9.64 Å². The molecule has 0 bridgehead atoms. The van der Waals surface area contributed by atoms with Crippen LogP contribution in [-0.2, 0) is 26.8 Å². The molecule has 0 N–H and O–H groups in total. The van der Waals surface area contributed by atoms with E-state index in [1.807, 2.05) is 30.3 Å². The first kappa shape index (κ1) is 25.1. The zero-order valence-electron chi connectivity index (χ0n) is 19.8. The summed E-state index contributed by atoms with van der Waals surface area (Å²) in [6, 6.07) is 18.1. The number of nitrogens with zero attached hydrogens (tertiary/aromatic N) is 2. The largest absolute Gasteiger partial charge is 0.445 e. The van der Waals surface area contributed by atoms with Crippen molar-refractivity contribution in [2.45, 2.75) is 36.2 Å². The van der Waals surface area contributed by atoms with Gasteiger partial charge in [0.25, 0.3) is 16.4 Å². The van der Waals surface area contributed by atoms with E-state index in [9.17, 15) is 22.0 Å². The number of alkyl halides is 2. The normalized spacial score (nSPS) is 16.8. The number of carbonyl (C=O) groups excluding carboxylic acids is 1. The number of piperidine rings is 1. The molecule has 0 aliphatic carbocycles. The SMILES string of the molecule is O=C(OCc1ccccc1)N1CCC2(CC1)CN(S(=O)(=O)c1ccc(C(F)F)cc1)c1c(F)cccc12. The quantitative estimate of drug-likeness (QED) is 0.428. The molecule has 0 radical (unpaired) electrons. The first-order chi connectivity index (χ1) is 17.7. The minimum Gasteiger partial charge on any atom is -0.445 e. The molecular weight excluding hydrogens is 505 g/mol. The third kappa shape index (κ3) is 4.66. The van der Waals surface area contributed by atoms with Crippen LogP contribution in [0.1, 0.15) is 36.0 Å². The molecule has 3 aromatic rings. The standard InChI is InChI=1S/C27H25F3N2O4S/c28-23-8-4-7-22-24(23)32(37(34,35)21-11-9-20(10-12-21)25(29)30)18-27(22)13-15-31(16-14-27)26(33)36-17-19-5-2-1-3-6-19/h1-12,25H,13-18H2. The van der Waals surface area contributed by atoms with Gasteiger partial charge in [0.2, 0.25) is 0 Å². The van der Waals surface area contributed by atoms with Crippen LogP contribution in [0.2, 0.25) is 0 Å². The fourth-order valence-electron chi connectivity index (χ4n) is 5.11. The molecule has 1 spiro atoms. The second-order valence-electron chi connectivity index (χ2n) is 9.32. The summed E-state index contributed by atoms with van der Waals surface area (Å²) in [5, 5.41) is 0. The lowest BCUT2D eigenvalue weighted by molar-refractivity contribution is 0.0791. The van der Waals surface area contributed by atoms with Gasteiger partial charge in [-0.15, -0.1) is 0 Å². The Morgan fingerprint density at radius 2 is 1.62 bits per heavy atom. The Labute approximate surface area is 213 Å². The lowest BCUT2D eigenvalue weighted by Crippen LogP contribution is -2.47. The number of ether oxygens (including phenoxy) is 1. The van der Waals surface area contributed by atoms with Crippen molar-refractivity contribution in [3.05, 3.63) is 95.3 Å². The third-order valence-electron chi connectivity index (χ3n) is 7.16. The Hall–Kier alpha value is -3.53. The maximum atomic E-state index is 15.1. The Balaban J connectivity index is 1.36. The molecule has 194 valence electrons. The summed E-state index contributed by atoms with van der Waals surface area (Å²) < 4.78 is 74.5. The number of para-hydroxylation sites is 1. The molecule has 0 unspecified atom stereocenters. The van der Waals surface area contributed by atoms with E-state index in [2.05, 4.69) is 0 Å². The van der Waals surface area contributed by atoms with Crippen molar-refractivity contribution in [2.75, 3.05) is 23.9 Å². The molecule has 6 nitrogen and oxygen atoms in total. The first-order valence-corrected chi connectivity index (χ1v) is 13.3. The highest BCUT2D eigenvalue weighted by Gasteiger charge is 2.50. The summed E-state index contributed by atoms with van der Waals surface area (Å²) in [5.41, 5.74) is 0.420. The number of benzene rings is 3. The molecule has 37 heavy (non-hydrogen) atoms. The van der Waals surface area contributed by atoms with E-state index in [1.165, 1.54) is 6.07 Å². The molecule has 5 rings (SSSR count). The van der Waals surface area contributed by atoms with Gasteiger partial charge in [-0.25, -0.2) is 26.4 Å². The van der Waals surface area contributed by atoms with Gasteiger partial charge in [0, 0.05) is 30.6 Å². The van der Waals surface area contributed by atoms with Crippen molar-refractivity contribution in [1.82, 2.24) is 4.90 Å². The number of sulfonamides is 1. The van der Waals surface area contributed by atoms with Crippen molar-refractivity contribution in [2.24, 2.45) is 0 Å². The number of hydrogen-bond acceptors (Lipinski definition) is 4. The zero-order valence-corrected chi connectivity index (χ0v) is 20.6. The zero-order chi connectivity index (χ0) is 26.2. The van der Waals surface area contributed by atoms with Crippen LogP contribution in [0.4, 0.5) is 23.7 Å². The summed E-state index contributed by atoms with van der Waals surface area (Å²) in [6.45, 7) is 0.780. The summed E-state index contributed by atoms with van der Waals surface area (Å²) in [5.74, 6) is -0.674. The predicted molar refractivity (Wildman–Crippen MR) is 131 cm³/mol. The smallest absolute Gasteiger partial charge is 0.410 e. The number of halogens is 3. The van der Waals surface area contributed by atoms with Gasteiger partial charge in [-0.3, -0.25) is 4.31 Å². The molecule has 2 aliphatic heterocycles. The number of fused-ring (bicyclic) bond motifs is 2. The van der Waals surface area contributed by atoms with E-state index in [4.69, 9.17) is 4.74 Å². The Kier molecular flexibility index (Phi) is 6.61. The number of amides is 1. The van der Waals surface area contributed by atoms with E-state index in [1.54, 1.807) is 17.0 Å². The molecule has 0 aromatic heterocycles. The number of hydrogen-bond donors (Lipinski definition) is 0. The monoisotopic (exact) mass is 530 g/mol. The van der Waals surface area contributed by atoms with Crippen molar-refractivity contribution in [3.63, 3.8) is 0 Å². The van der Waals surface area contributed by atoms with Crippen molar-refractivity contribution >= 4 is 21.8 Å². The second kappa shape index (κ2) is 9.74. The molecule has 0 saturated carbocycles. The van der Waals surface area contributed by atoms with Crippen molar-refractivity contribution < 1.29 is 31.1 Å². The second-order valence-corrected chi connectivity index (χ2v) is 11.2. The van der Waals surface area contributed by atoms with E-state index in [0.717, 1.165) is 34.1 Å². The van der Waals surface area contributed by atoms with Crippen molar-refractivity contribution in [1.29, 1.82) is 0 Å². The van der Waals surface area contributed by atoms with Crippen LogP contribution >= 0.6 is 0 Å². The van der Waals surface area contributed by atoms with Crippen LogP contribution in [0, 0.1) is 5.82 Å². The third-order valence-corrected chi connectivity index (χ3v) is 8.92. The molecule has 3 aromatic carbocycles. The Bertz CT molecular complexity index is 1390. The fraction of sp³-hybridized carbons (Fsp3) is 0.296. The lowest BCUT2D eigenvalue weighted by atomic mass is 9.74. The highest BCUT2D eigenvalue weighted by molar-refractivity contribution is 7.92. The van der Waals surface area contributed by atoms with Crippen LogP contribution in [0.25, 0.3) is 0 Å². The van der Waals surface area contributed by atoms with Crippen LogP contribution in [0.5, 0.6) is 0 Å². The minimum absolute atomic E-state index is 0.00486. The maximum Gasteiger partial charge on any atom is 0.410 e. The lowest BCUT2D eigenvalue weighted by Gasteiger charge is -2.39. The summed E-state index contributed by atoms with van der Waals surface area (Å²) in [4.78, 5) is 14.0. The van der Waals surface area contributed by atoms with Crippen LogP contribution in [0.15, 0.2) is 77.7 Å². The molecule has 1 amide bonds. The van der Waals surface area contributed by atoms with Gasteiger partial charge in [0.15, 0.2) is 0 Å². The van der Waals surface area contributed by atoms with Gasteiger partial charge in [0.05, 0.1) is 10.6 Å². The summed E-state index contributed by atoms with van der Waals surface area (Å²) >= 11 is 0. The average Bonchev–Trinajstić information content (AvgIpc) is 3.24. The highest BCUT2D eigenvalue weighted by atomic mass is 32.2. The van der Waals surface area contributed by atoms with Gasteiger partial charge >= 0.3 is 6.09 Å². The average molecular weight is 531 g/mol. The molecule has 1 fully saturated rings. The molecule has 2 aliphatic rings. The number of carbonyl (C=O) groups is 1. The van der Waals surface area contributed by atoms with Gasteiger partial charge in [-0.05, 0) is 42.2 Å². The van der Waals surface area contributed by atoms with Crippen LogP contribution in [-0.4, -0.2) is 39.0 Å². The van der Waals surface area contributed by atoms with Crippen molar-refractivity contribution in [3.8, 4) is 0 Å². The maximum absolute atomic E-state index is 15.1. The van der Waals surface area contributed by atoms with Gasteiger partial charge in [-0.2, -0.15) is 0 Å². The van der Waals surface area contributed by atoms with Gasteiger partial charge in [0.1, 0.15) is 12.4 Å². The van der Waals surface area contributed by atoms with Crippen LogP contribution < -0.4 is 4.31 Å².